The first-order valence-electron chi connectivity index (χ1n) is 6.74. The normalized spacial score (nSPS) is 16.7. The standard InChI is InChI=1S/C16H18OS/c1-3-7-13(8-4-1)15-11-12-16(18-15)17-14-9-5-2-6-10-14/h1,3-4,7-8,11-12,14H,2,5-6,9-10H2. The molecule has 1 fully saturated rings. The predicted octanol–water partition coefficient (Wildman–Crippen LogP) is 5.13. The number of hydrogen-bond acceptors (Lipinski definition) is 2. The van der Waals surface area contributed by atoms with Gasteiger partial charge in [-0.25, -0.2) is 0 Å². The van der Waals surface area contributed by atoms with Gasteiger partial charge in [-0.15, -0.1) is 0 Å². The van der Waals surface area contributed by atoms with Crippen LogP contribution in [0.1, 0.15) is 32.1 Å². The molecule has 1 aromatic carbocycles. The van der Waals surface area contributed by atoms with Gasteiger partial charge in [0.15, 0.2) is 5.06 Å². The van der Waals surface area contributed by atoms with Crippen molar-refractivity contribution in [2.45, 2.75) is 38.2 Å². The van der Waals surface area contributed by atoms with Crippen LogP contribution in [0.2, 0.25) is 0 Å². The monoisotopic (exact) mass is 258 g/mol. The van der Waals surface area contributed by atoms with Crippen LogP contribution in [0.3, 0.4) is 0 Å². The third-order valence-corrected chi connectivity index (χ3v) is 4.50. The second-order valence-electron chi connectivity index (χ2n) is 4.86. The van der Waals surface area contributed by atoms with Gasteiger partial charge in [0.1, 0.15) is 0 Å². The van der Waals surface area contributed by atoms with Crippen LogP contribution in [0, 0.1) is 0 Å². The molecule has 1 saturated carbocycles. The minimum atomic E-state index is 0.445. The third-order valence-electron chi connectivity index (χ3n) is 3.47. The van der Waals surface area contributed by atoms with E-state index in [1.807, 2.05) is 0 Å². The summed E-state index contributed by atoms with van der Waals surface area (Å²) in [5.41, 5.74) is 1.28. The number of thiophene rings is 1. The SMILES string of the molecule is c1ccc(-c2ccc(OC3CCCCC3)s2)cc1. The Morgan fingerprint density at radius 1 is 0.889 bits per heavy atom. The smallest absolute Gasteiger partial charge is 0.174 e. The van der Waals surface area contributed by atoms with Crippen molar-refractivity contribution in [3.63, 3.8) is 0 Å². The maximum atomic E-state index is 6.08. The van der Waals surface area contributed by atoms with E-state index in [-0.39, 0.29) is 0 Å². The molecule has 0 aliphatic heterocycles. The Kier molecular flexibility index (Phi) is 3.65. The van der Waals surface area contributed by atoms with Crippen molar-refractivity contribution in [1.82, 2.24) is 0 Å². The van der Waals surface area contributed by atoms with Crippen molar-refractivity contribution in [1.29, 1.82) is 0 Å². The van der Waals surface area contributed by atoms with Crippen LogP contribution in [0.25, 0.3) is 10.4 Å². The van der Waals surface area contributed by atoms with Crippen LogP contribution < -0.4 is 4.74 Å². The minimum Gasteiger partial charge on any atom is -0.481 e. The number of rotatable bonds is 3. The molecular formula is C16H18OS. The highest BCUT2D eigenvalue weighted by atomic mass is 32.1. The zero-order valence-electron chi connectivity index (χ0n) is 10.5. The van der Waals surface area contributed by atoms with Gasteiger partial charge in [-0.05, 0) is 43.4 Å². The van der Waals surface area contributed by atoms with Crippen molar-refractivity contribution < 1.29 is 4.74 Å². The summed E-state index contributed by atoms with van der Waals surface area (Å²) in [7, 11) is 0. The minimum absolute atomic E-state index is 0.445. The molecule has 18 heavy (non-hydrogen) atoms. The number of benzene rings is 1. The van der Waals surface area contributed by atoms with E-state index in [2.05, 4.69) is 42.5 Å². The summed E-state index contributed by atoms with van der Waals surface area (Å²) >= 11 is 1.76. The molecule has 2 aromatic rings. The molecule has 94 valence electrons. The fraction of sp³-hybridized carbons (Fsp3) is 0.375. The Morgan fingerprint density at radius 2 is 1.67 bits per heavy atom. The largest absolute Gasteiger partial charge is 0.481 e. The van der Waals surface area contributed by atoms with Crippen LogP contribution >= 0.6 is 11.3 Å². The molecule has 0 amide bonds. The molecule has 0 bridgehead atoms. The van der Waals surface area contributed by atoms with Gasteiger partial charge < -0.3 is 4.74 Å². The van der Waals surface area contributed by atoms with Crippen LogP contribution in [-0.4, -0.2) is 6.10 Å². The first-order valence-corrected chi connectivity index (χ1v) is 7.55. The molecule has 0 atom stereocenters. The Morgan fingerprint density at radius 3 is 2.44 bits per heavy atom. The van der Waals surface area contributed by atoms with E-state index < -0.39 is 0 Å². The Hall–Kier alpha value is -1.28. The Bertz CT molecular complexity index is 483. The van der Waals surface area contributed by atoms with Gasteiger partial charge in [0.25, 0.3) is 0 Å². The maximum absolute atomic E-state index is 6.08. The van der Waals surface area contributed by atoms with Crippen LogP contribution in [0.5, 0.6) is 5.06 Å². The lowest BCUT2D eigenvalue weighted by molar-refractivity contribution is 0.160. The molecule has 0 radical (unpaired) electrons. The van der Waals surface area contributed by atoms with Gasteiger partial charge in [-0.2, -0.15) is 0 Å². The van der Waals surface area contributed by atoms with Gasteiger partial charge in [0, 0.05) is 4.88 Å². The second kappa shape index (κ2) is 5.57. The molecule has 0 spiro atoms. The fourth-order valence-electron chi connectivity index (χ4n) is 2.49. The highest BCUT2D eigenvalue weighted by Crippen LogP contribution is 2.34. The van der Waals surface area contributed by atoms with Gasteiger partial charge in [-0.3, -0.25) is 0 Å². The summed E-state index contributed by atoms with van der Waals surface area (Å²) in [5.74, 6) is 0. The topological polar surface area (TPSA) is 9.23 Å². The summed E-state index contributed by atoms with van der Waals surface area (Å²) < 4.78 is 6.08. The van der Waals surface area contributed by atoms with Gasteiger partial charge in [0.05, 0.1) is 6.10 Å². The lowest BCUT2D eigenvalue weighted by atomic mass is 9.98. The van der Waals surface area contributed by atoms with E-state index in [9.17, 15) is 0 Å². The zero-order chi connectivity index (χ0) is 12.2. The molecule has 3 rings (SSSR count). The quantitative estimate of drug-likeness (QED) is 0.742. The van der Waals surface area contributed by atoms with E-state index in [4.69, 9.17) is 4.74 Å². The van der Waals surface area contributed by atoms with Crippen molar-refractivity contribution in [3.05, 3.63) is 42.5 Å². The van der Waals surface area contributed by atoms with Crippen molar-refractivity contribution in [3.8, 4) is 15.5 Å². The molecular weight excluding hydrogens is 240 g/mol. The molecule has 0 saturated heterocycles. The summed E-state index contributed by atoms with van der Waals surface area (Å²) in [5, 5.41) is 1.07. The van der Waals surface area contributed by atoms with Gasteiger partial charge in [0.2, 0.25) is 0 Å². The molecule has 1 aliphatic carbocycles. The molecule has 0 unspecified atom stereocenters. The average molecular weight is 258 g/mol. The van der Waals surface area contributed by atoms with Gasteiger partial charge >= 0.3 is 0 Å². The van der Waals surface area contributed by atoms with E-state index in [1.54, 1.807) is 11.3 Å². The molecule has 1 aromatic heterocycles. The third kappa shape index (κ3) is 2.75. The number of hydrogen-bond donors (Lipinski definition) is 0. The average Bonchev–Trinajstić information content (AvgIpc) is 2.89. The molecule has 0 N–H and O–H groups in total. The summed E-state index contributed by atoms with van der Waals surface area (Å²) in [6, 6.07) is 14.8. The first-order chi connectivity index (χ1) is 8.92. The summed E-state index contributed by atoms with van der Waals surface area (Å²) in [6.07, 6.45) is 6.90. The zero-order valence-corrected chi connectivity index (χ0v) is 11.3. The molecule has 1 aliphatic rings. The van der Waals surface area contributed by atoms with Crippen molar-refractivity contribution in [2.75, 3.05) is 0 Å². The van der Waals surface area contributed by atoms with Gasteiger partial charge in [-0.1, -0.05) is 48.1 Å². The van der Waals surface area contributed by atoms with E-state index >= 15 is 0 Å². The van der Waals surface area contributed by atoms with E-state index in [0.717, 1.165) is 5.06 Å². The predicted molar refractivity (Wildman–Crippen MR) is 77.3 cm³/mol. The summed E-state index contributed by atoms with van der Waals surface area (Å²) in [4.78, 5) is 1.29. The van der Waals surface area contributed by atoms with E-state index in [1.165, 1.54) is 42.5 Å². The molecule has 2 heteroatoms. The van der Waals surface area contributed by atoms with Crippen LogP contribution in [0.15, 0.2) is 42.5 Å². The highest BCUT2D eigenvalue weighted by Gasteiger charge is 2.15. The molecule has 1 heterocycles. The van der Waals surface area contributed by atoms with Crippen LogP contribution in [0.4, 0.5) is 0 Å². The molecule has 1 nitrogen and oxygen atoms in total. The number of ether oxygens (including phenoxy) is 1. The van der Waals surface area contributed by atoms with Crippen molar-refractivity contribution in [2.24, 2.45) is 0 Å². The van der Waals surface area contributed by atoms with Crippen LogP contribution in [-0.2, 0) is 0 Å². The maximum Gasteiger partial charge on any atom is 0.174 e. The highest BCUT2D eigenvalue weighted by molar-refractivity contribution is 7.17. The Balaban J connectivity index is 1.69. The summed E-state index contributed by atoms with van der Waals surface area (Å²) in [6.45, 7) is 0. The Labute approximate surface area is 112 Å². The second-order valence-corrected chi connectivity index (χ2v) is 5.91. The fourth-order valence-corrected chi connectivity index (χ4v) is 3.42. The lowest BCUT2D eigenvalue weighted by Gasteiger charge is -2.21. The lowest BCUT2D eigenvalue weighted by Crippen LogP contribution is -2.18. The van der Waals surface area contributed by atoms with Crippen molar-refractivity contribution >= 4 is 11.3 Å². The van der Waals surface area contributed by atoms with E-state index in [0.29, 0.717) is 6.10 Å². The first kappa shape index (κ1) is 11.8.